The summed E-state index contributed by atoms with van der Waals surface area (Å²) in [7, 11) is 0. The quantitative estimate of drug-likeness (QED) is 0.488. The summed E-state index contributed by atoms with van der Waals surface area (Å²) < 4.78 is 13.9. The van der Waals surface area contributed by atoms with Gasteiger partial charge in [0.25, 0.3) is 0 Å². The summed E-state index contributed by atoms with van der Waals surface area (Å²) in [6.45, 7) is 1.19. The van der Waals surface area contributed by atoms with E-state index in [1.54, 1.807) is 6.07 Å². The van der Waals surface area contributed by atoms with Gasteiger partial charge in [-0.2, -0.15) is 0 Å². The standard InChI is InChI=1S/C21H21FN2O6/c1-12(25)23-17(11-15-4-2-3-5-16(15)22)19(26)24-18(21(29)30)10-13-6-8-14(9-7-13)20(27)28/h2-9,17-18H,10-11H2,1H3,(H,23,25)(H,24,26)(H,27,28)(H,29,30)/t17-,18+/m0/s1. The zero-order chi connectivity index (χ0) is 22.3. The maximum atomic E-state index is 13.9. The molecular weight excluding hydrogens is 395 g/mol. The fourth-order valence-electron chi connectivity index (χ4n) is 2.83. The Balaban J connectivity index is 2.14. The van der Waals surface area contributed by atoms with E-state index >= 15 is 0 Å². The van der Waals surface area contributed by atoms with Gasteiger partial charge in [0.2, 0.25) is 11.8 Å². The number of aromatic carboxylic acids is 1. The molecular formula is C21H21FN2O6. The Labute approximate surface area is 171 Å². The first kappa shape index (κ1) is 22.5. The Morgan fingerprint density at radius 1 is 0.900 bits per heavy atom. The molecule has 0 aliphatic heterocycles. The van der Waals surface area contributed by atoms with Crippen molar-refractivity contribution < 1.29 is 33.8 Å². The predicted molar refractivity (Wildman–Crippen MR) is 104 cm³/mol. The van der Waals surface area contributed by atoms with Gasteiger partial charge in [-0.3, -0.25) is 9.59 Å². The van der Waals surface area contributed by atoms with Gasteiger partial charge in [-0.05, 0) is 29.3 Å². The van der Waals surface area contributed by atoms with E-state index in [0.717, 1.165) is 0 Å². The van der Waals surface area contributed by atoms with E-state index in [9.17, 15) is 28.7 Å². The van der Waals surface area contributed by atoms with Crippen LogP contribution in [0.5, 0.6) is 0 Å². The summed E-state index contributed by atoms with van der Waals surface area (Å²) in [5, 5.41) is 23.2. The molecule has 0 bridgehead atoms. The van der Waals surface area contributed by atoms with Gasteiger partial charge >= 0.3 is 11.9 Å². The van der Waals surface area contributed by atoms with Crippen LogP contribution in [0.25, 0.3) is 0 Å². The average Bonchev–Trinajstić information content (AvgIpc) is 2.68. The minimum Gasteiger partial charge on any atom is -0.480 e. The van der Waals surface area contributed by atoms with Gasteiger partial charge in [0.15, 0.2) is 0 Å². The van der Waals surface area contributed by atoms with Crippen LogP contribution in [-0.2, 0) is 27.2 Å². The number of carbonyl (C=O) groups excluding carboxylic acids is 2. The molecule has 0 saturated carbocycles. The van der Waals surface area contributed by atoms with Crippen LogP contribution >= 0.6 is 0 Å². The summed E-state index contributed by atoms with van der Waals surface area (Å²) in [5.41, 5.74) is 0.741. The second-order valence-corrected chi connectivity index (χ2v) is 6.65. The molecule has 0 fully saturated rings. The molecule has 0 aromatic heterocycles. The van der Waals surface area contributed by atoms with Crippen molar-refractivity contribution in [1.82, 2.24) is 10.6 Å². The zero-order valence-electron chi connectivity index (χ0n) is 16.1. The molecule has 158 valence electrons. The van der Waals surface area contributed by atoms with E-state index < -0.39 is 41.7 Å². The van der Waals surface area contributed by atoms with Gasteiger partial charge in [-0.1, -0.05) is 30.3 Å². The first-order chi connectivity index (χ1) is 14.2. The van der Waals surface area contributed by atoms with E-state index in [0.29, 0.717) is 5.56 Å². The van der Waals surface area contributed by atoms with Crippen molar-refractivity contribution in [2.24, 2.45) is 0 Å². The van der Waals surface area contributed by atoms with Crippen molar-refractivity contribution in [3.63, 3.8) is 0 Å². The number of rotatable bonds is 9. The molecule has 2 atom stereocenters. The lowest BCUT2D eigenvalue weighted by Crippen LogP contribution is -2.52. The Morgan fingerprint density at radius 3 is 2.07 bits per heavy atom. The van der Waals surface area contributed by atoms with Crippen molar-refractivity contribution >= 4 is 23.8 Å². The molecule has 0 aliphatic rings. The minimum atomic E-state index is -1.33. The van der Waals surface area contributed by atoms with Crippen LogP contribution in [0.2, 0.25) is 0 Å². The van der Waals surface area contributed by atoms with Crippen LogP contribution in [0, 0.1) is 5.82 Å². The number of carbonyl (C=O) groups is 4. The van der Waals surface area contributed by atoms with Gasteiger partial charge in [-0.15, -0.1) is 0 Å². The second kappa shape index (κ2) is 10.1. The highest BCUT2D eigenvalue weighted by molar-refractivity contribution is 5.90. The summed E-state index contributed by atoms with van der Waals surface area (Å²) in [6, 6.07) is 8.83. The second-order valence-electron chi connectivity index (χ2n) is 6.65. The number of halogens is 1. The van der Waals surface area contributed by atoms with E-state index in [1.165, 1.54) is 49.4 Å². The van der Waals surface area contributed by atoms with Crippen LogP contribution in [0.1, 0.15) is 28.4 Å². The fourth-order valence-corrected chi connectivity index (χ4v) is 2.83. The average molecular weight is 416 g/mol. The van der Waals surface area contributed by atoms with E-state index in [-0.39, 0.29) is 24.0 Å². The first-order valence-corrected chi connectivity index (χ1v) is 9.03. The maximum absolute atomic E-state index is 13.9. The van der Waals surface area contributed by atoms with Gasteiger partial charge in [0, 0.05) is 19.8 Å². The molecule has 2 aromatic carbocycles. The van der Waals surface area contributed by atoms with Gasteiger partial charge in [-0.25, -0.2) is 14.0 Å². The summed E-state index contributed by atoms with van der Waals surface area (Å²) >= 11 is 0. The fraction of sp³-hybridized carbons (Fsp3) is 0.238. The SMILES string of the molecule is CC(=O)N[C@@H](Cc1ccccc1F)C(=O)N[C@H](Cc1ccc(C(=O)O)cc1)C(=O)O. The molecule has 0 saturated heterocycles. The topological polar surface area (TPSA) is 133 Å². The monoisotopic (exact) mass is 416 g/mol. The molecule has 0 aliphatic carbocycles. The number of aliphatic carboxylic acids is 1. The largest absolute Gasteiger partial charge is 0.480 e. The van der Waals surface area contributed by atoms with Crippen LogP contribution in [-0.4, -0.2) is 46.0 Å². The minimum absolute atomic E-state index is 0.0465. The van der Waals surface area contributed by atoms with Crippen molar-refractivity contribution in [1.29, 1.82) is 0 Å². The molecule has 0 radical (unpaired) electrons. The van der Waals surface area contributed by atoms with E-state index in [1.807, 2.05) is 0 Å². The number of carboxylic acids is 2. The molecule has 4 N–H and O–H groups in total. The molecule has 0 heterocycles. The third-order valence-corrected chi connectivity index (χ3v) is 4.33. The number of benzene rings is 2. The smallest absolute Gasteiger partial charge is 0.335 e. The number of hydrogen-bond acceptors (Lipinski definition) is 4. The van der Waals surface area contributed by atoms with E-state index in [2.05, 4.69) is 10.6 Å². The molecule has 2 amide bonds. The number of carboxylic acid groups (broad SMARTS) is 2. The summed E-state index contributed by atoms with van der Waals surface area (Å²) in [6.07, 6.45) is -0.259. The lowest BCUT2D eigenvalue weighted by molar-refractivity contribution is -0.142. The molecule has 0 spiro atoms. The molecule has 8 nitrogen and oxygen atoms in total. The highest BCUT2D eigenvalue weighted by Gasteiger charge is 2.27. The van der Waals surface area contributed by atoms with Gasteiger partial charge in [0.1, 0.15) is 17.9 Å². The third kappa shape index (κ3) is 6.40. The molecule has 9 heteroatoms. The summed E-state index contributed by atoms with van der Waals surface area (Å²) in [5.74, 6) is -4.27. The van der Waals surface area contributed by atoms with Crippen LogP contribution in [0.15, 0.2) is 48.5 Å². The highest BCUT2D eigenvalue weighted by Crippen LogP contribution is 2.11. The summed E-state index contributed by atoms with van der Waals surface area (Å²) in [4.78, 5) is 46.7. The van der Waals surface area contributed by atoms with E-state index in [4.69, 9.17) is 5.11 Å². The van der Waals surface area contributed by atoms with Crippen molar-refractivity contribution in [3.05, 3.63) is 71.0 Å². The number of amides is 2. The van der Waals surface area contributed by atoms with Crippen molar-refractivity contribution in [2.45, 2.75) is 31.8 Å². The van der Waals surface area contributed by atoms with Gasteiger partial charge in [0.05, 0.1) is 5.56 Å². The predicted octanol–water partition coefficient (Wildman–Crippen LogP) is 1.38. The van der Waals surface area contributed by atoms with Crippen LogP contribution in [0.3, 0.4) is 0 Å². The van der Waals surface area contributed by atoms with Crippen molar-refractivity contribution in [2.75, 3.05) is 0 Å². The third-order valence-electron chi connectivity index (χ3n) is 4.33. The van der Waals surface area contributed by atoms with Crippen LogP contribution in [0.4, 0.5) is 4.39 Å². The lowest BCUT2D eigenvalue weighted by atomic mass is 10.0. The Hall–Kier alpha value is -3.75. The molecule has 30 heavy (non-hydrogen) atoms. The Kier molecular flexibility index (Phi) is 7.62. The highest BCUT2D eigenvalue weighted by atomic mass is 19.1. The van der Waals surface area contributed by atoms with Crippen LogP contribution < -0.4 is 10.6 Å². The number of hydrogen-bond donors (Lipinski definition) is 4. The zero-order valence-corrected chi connectivity index (χ0v) is 16.1. The lowest BCUT2D eigenvalue weighted by Gasteiger charge is -2.21. The molecule has 2 aromatic rings. The van der Waals surface area contributed by atoms with Gasteiger partial charge < -0.3 is 20.8 Å². The first-order valence-electron chi connectivity index (χ1n) is 9.03. The van der Waals surface area contributed by atoms with Crippen molar-refractivity contribution in [3.8, 4) is 0 Å². The molecule has 2 rings (SSSR count). The maximum Gasteiger partial charge on any atom is 0.335 e. The number of nitrogens with one attached hydrogen (secondary N) is 2. The normalized spacial score (nSPS) is 12.5. The Bertz CT molecular complexity index is 945. The molecule has 0 unspecified atom stereocenters. The Morgan fingerprint density at radius 2 is 1.53 bits per heavy atom.